The van der Waals surface area contributed by atoms with E-state index in [1.807, 2.05) is 17.8 Å². The molecule has 0 aliphatic carbocycles. The summed E-state index contributed by atoms with van der Waals surface area (Å²) in [6.07, 6.45) is 0. The number of hydrogen-bond donors (Lipinski definition) is 1. The van der Waals surface area contributed by atoms with Gasteiger partial charge in [0.1, 0.15) is 5.82 Å². The number of halogens is 1. The molecule has 0 radical (unpaired) electrons. The van der Waals surface area contributed by atoms with Gasteiger partial charge in [-0.1, -0.05) is 38.1 Å². The number of hydrogen-bond acceptors (Lipinski definition) is 2. The quantitative estimate of drug-likeness (QED) is 0.796. The summed E-state index contributed by atoms with van der Waals surface area (Å²) >= 11 is 1.94. The highest BCUT2D eigenvalue weighted by Gasteiger charge is 1.99. The third-order valence-corrected chi connectivity index (χ3v) is 4.09. The van der Waals surface area contributed by atoms with Crippen molar-refractivity contribution in [2.24, 2.45) is 0 Å². The molecule has 2 aromatic carbocycles. The molecule has 106 valence electrons. The molecule has 0 saturated carbocycles. The number of thioether (sulfide) groups is 1. The standard InChI is InChI=1S/C17H20FNS/c1-13(2)20-12-14-6-8-17(9-7-14)19-11-15-4-3-5-16(18)10-15/h3-10,13,19H,11-12H2,1-2H3. The monoisotopic (exact) mass is 289 g/mol. The van der Waals surface area contributed by atoms with E-state index in [1.165, 1.54) is 11.6 Å². The minimum atomic E-state index is -0.189. The molecular weight excluding hydrogens is 269 g/mol. The van der Waals surface area contributed by atoms with Crippen molar-refractivity contribution in [3.63, 3.8) is 0 Å². The Kier molecular flexibility index (Phi) is 5.48. The average molecular weight is 289 g/mol. The second kappa shape index (κ2) is 7.34. The van der Waals surface area contributed by atoms with E-state index < -0.39 is 0 Å². The molecule has 20 heavy (non-hydrogen) atoms. The molecule has 0 spiro atoms. The van der Waals surface area contributed by atoms with E-state index in [-0.39, 0.29) is 5.82 Å². The highest BCUT2D eigenvalue weighted by Crippen LogP contribution is 2.19. The van der Waals surface area contributed by atoms with E-state index in [4.69, 9.17) is 0 Å². The first kappa shape index (κ1) is 14.9. The molecule has 0 heterocycles. The maximum Gasteiger partial charge on any atom is 0.123 e. The van der Waals surface area contributed by atoms with Gasteiger partial charge in [-0.25, -0.2) is 4.39 Å². The Labute approximate surface area is 124 Å². The van der Waals surface area contributed by atoms with Crippen LogP contribution in [-0.4, -0.2) is 5.25 Å². The normalized spacial score (nSPS) is 10.8. The molecule has 0 fully saturated rings. The first-order valence-corrected chi connectivity index (χ1v) is 7.87. The Hall–Kier alpha value is -1.48. The fourth-order valence-corrected chi connectivity index (χ4v) is 2.55. The summed E-state index contributed by atoms with van der Waals surface area (Å²) in [5.74, 6) is 0.854. The van der Waals surface area contributed by atoms with Gasteiger partial charge in [0, 0.05) is 18.0 Å². The highest BCUT2D eigenvalue weighted by molar-refractivity contribution is 7.99. The molecule has 0 amide bonds. The largest absolute Gasteiger partial charge is 0.381 e. The summed E-state index contributed by atoms with van der Waals surface area (Å²) in [6, 6.07) is 15.1. The lowest BCUT2D eigenvalue weighted by molar-refractivity contribution is 0.626. The van der Waals surface area contributed by atoms with Crippen molar-refractivity contribution in [1.29, 1.82) is 0 Å². The van der Waals surface area contributed by atoms with Gasteiger partial charge in [-0.15, -0.1) is 0 Å². The number of rotatable bonds is 6. The van der Waals surface area contributed by atoms with E-state index >= 15 is 0 Å². The molecule has 0 bridgehead atoms. The van der Waals surface area contributed by atoms with Crippen LogP contribution in [0.25, 0.3) is 0 Å². The molecule has 2 rings (SSSR count). The number of anilines is 1. The maximum absolute atomic E-state index is 13.1. The second-order valence-corrected chi connectivity index (χ2v) is 6.60. The van der Waals surface area contributed by atoms with E-state index in [2.05, 4.69) is 43.4 Å². The number of benzene rings is 2. The van der Waals surface area contributed by atoms with Crippen LogP contribution >= 0.6 is 11.8 Å². The van der Waals surface area contributed by atoms with Crippen molar-refractivity contribution in [2.45, 2.75) is 31.4 Å². The van der Waals surface area contributed by atoms with Crippen LogP contribution in [0.15, 0.2) is 48.5 Å². The van der Waals surface area contributed by atoms with Gasteiger partial charge in [0.25, 0.3) is 0 Å². The summed E-state index contributed by atoms with van der Waals surface area (Å²) in [7, 11) is 0. The van der Waals surface area contributed by atoms with Crippen molar-refractivity contribution in [2.75, 3.05) is 5.32 Å². The van der Waals surface area contributed by atoms with Gasteiger partial charge in [-0.2, -0.15) is 11.8 Å². The molecule has 0 aromatic heterocycles. The van der Waals surface area contributed by atoms with Crippen LogP contribution in [0.5, 0.6) is 0 Å². The molecule has 3 heteroatoms. The van der Waals surface area contributed by atoms with E-state index in [0.717, 1.165) is 17.0 Å². The fraction of sp³-hybridized carbons (Fsp3) is 0.294. The van der Waals surface area contributed by atoms with Crippen molar-refractivity contribution >= 4 is 17.4 Å². The van der Waals surface area contributed by atoms with Crippen LogP contribution in [0, 0.1) is 5.82 Å². The summed E-state index contributed by atoms with van der Waals surface area (Å²) < 4.78 is 13.1. The Bertz CT molecular complexity index is 537. The van der Waals surface area contributed by atoms with Crippen LogP contribution in [0.1, 0.15) is 25.0 Å². The molecule has 1 N–H and O–H groups in total. The summed E-state index contributed by atoms with van der Waals surface area (Å²) in [5, 5.41) is 3.96. The smallest absolute Gasteiger partial charge is 0.123 e. The second-order valence-electron chi connectivity index (χ2n) is 5.04. The minimum absolute atomic E-state index is 0.189. The SMILES string of the molecule is CC(C)SCc1ccc(NCc2cccc(F)c2)cc1. The van der Waals surface area contributed by atoms with Gasteiger partial charge < -0.3 is 5.32 Å². The molecule has 0 aliphatic rings. The van der Waals surface area contributed by atoms with Crippen LogP contribution in [-0.2, 0) is 12.3 Å². The molecule has 0 aliphatic heterocycles. The van der Waals surface area contributed by atoms with Gasteiger partial charge >= 0.3 is 0 Å². The molecular formula is C17H20FNS. The topological polar surface area (TPSA) is 12.0 Å². The van der Waals surface area contributed by atoms with Gasteiger partial charge in [0.2, 0.25) is 0 Å². The predicted molar refractivity (Wildman–Crippen MR) is 86.6 cm³/mol. The van der Waals surface area contributed by atoms with Gasteiger partial charge in [0.15, 0.2) is 0 Å². The summed E-state index contributed by atoms with van der Waals surface area (Å²) in [5.41, 5.74) is 3.34. The van der Waals surface area contributed by atoms with Crippen molar-refractivity contribution in [3.05, 3.63) is 65.5 Å². The Balaban J connectivity index is 1.87. The third-order valence-electron chi connectivity index (χ3n) is 2.92. The lowest BCUT2D eigenvalue weighted by Gasteiger charge is -2.09. The zero-order valence-electron chi connectivity index (χ0n) is 11.9. The first-order chi connectivity index (χ1) is 9.63. The van der Waals surface area contributed by atoms with Crippen LogP contribution in [0.4, 0.5) is 10.1 Å². The molecule has 0 saturated heterocycles. The zero-order chi connectivity index (χ0) is 14.4. The lowest BCUT2D eigenvalue weighted by Crippen LogP contribution is -1.99. The summed E-state index contributed by atoms with van der Waals surface area (Å²) in [6.45, 7) is 5.05. The number of nitrogens with one attached hydrogen (secondary N) is 1. The maximum atomic E-state index is 13.1. The Morgan fingerprint density at radius 3 is 2.45 bits per heavy atom. The Morgan fingerprint density at radius 1 is 1.05 bits per heavy atom. The molecule has 0 atom stereocenters. The summed E-state index contributed by atoms with van der Waals surface area (Å²) in [4.78, 5) is 0. The van der Waals surface area contributed by atoms with E-state index in [0.29, 0.717) is 11.8 Å². The van der Waals surface area contributed by atoms with Crippen molar-refractivity contribution in [3.8, 4) is 0 Å². The van der Waals surface area contributed by atoms with Crippen LogP contribution < -0.4 is 5.32 Å². The average Bonchev–Trinajstić information content (AvgIpc) is 2.44. The predicted octanol–water partition coefficient (Wildman–Crippen LogP) is 5.08. The fourth-order valence-electron chi connectivity index (χ4n) is 1.83. The van der Waals surface area contributed by atoms with Crippen LogP contribution in [0.3, 0.4) is 0 Å². The van der Waals surface area contributed by atoms with Gasteiger partial charge in [-0.05, 0) is 40.6 Å². The van der Waals surface area contributed by atoms with E-state index in [9.17, 15) is 4.39 Å². The lowest BCUT2D eigenvalue weighted by atomic mass is 10.2. The molecule has 2 aromatic rings. The van der Waals surface area contributed by atoms with Gasteiger partial charge in [-0.3, -0.25) is 0 Å². The van der Waals surface area contributed by atoms with E-state index in [1.54, 1.807) is 12.1 Å². The third kappa shape index (κ3) is 4.89. The molecule has 0 unspecified atom stereocenters. The first-order valence-electron chi connectivity index (χ1n) is 6.82. The van der Waals surface area contributed by atoms with Crippen molar-refractivity contribution < 1.29 is 4.39 Å². The van der Waals surface area contributed by atoms with Crippen molar-refractivity contribution in [1.82, 2.24) is 0 Å². The highest BCUT2D eigenvalue weighted by atomic mass is 32.2. The molecule has 1 nitrogen and oxygen atoms in total. The zero-order valence-corrected chi connectivity index (χ0v) is 12.7. The Morgan fingerprint density at radius 2 is 1.80 bits per heavy atom. The van der Waals surface area contributed by atoms with Crippen LogP contribution in [0.2, 0.25) is 0 Å². The van der Waals surface area contributed by atoms with Gasteiger partial charge in [0.05, 0.1) is 0 Å². The minimum Gasteiger partial charge on any atom is -0.381 e.